The van der Waals surface area contributed by atoms with Crippen LogP contribution >= 0.6 is 0 Å². The van der Waals surface area contributed by atoms with Crippen LogP contribution in [0.25, 0.3) is 0 Å². The van der Waals surface area contributed by atoms with Gasteiger partial charge in [0.25, 0.3) is 0 Å². The molecule has 0 nitrogen and oxygen atoms in total. The molecule has 0 radical (unpaired) electrons. The van der Waals surface area contributed by atoms with Crippen LogP contribution in [0.2, 0.25) is 0 Å². The van der Waals surface area contributed by atoms with Gasteiger partial charge in [-0.2, -0.15) is 0 Å². The number of hydrogen-bond donors (Lipinski definition) is 0. The Morgan fingerprint density at radius 3 is 2.93 bits per heavy atom. The lowest BCUT2D eigenvalue weighted by Gasteiger charge is -2.32. The zero-order valence-corrected chi connectivity index (χ0v) is 10.6. The Bertz CT molecular complexity index is 304. The van der Waals surface area contributed by atoms with Crippen molar-refractivity contribution in [2.45, 2.75) is 53.4 Å². The van der Waals surface area contributed by atoms with Crippen LogP contribution in [0, 0.1) is 17.3 Å². The van der Waals surface area contributed by atoms with Crippen molar-refractivity contribution in [2.24, 2.45) is 17.3 Å². The Hall–Kier alpha value is -0.520. The summed E-state index contributed by atoms with van der Waals surface area (Å²) in [6, 6.07) is 0. The van der Waals surface area contributed by atoms with E-state index in [2.05, 4.69) is 39.8 Å². The van der Waals surface area contributed by atoms with E-state index in [1.54, 1.807) is 5.57 Å². The molecule has 0 aromatic carbocycles. The quantitative estimate of drug-likeness (QED) is 0.583. The first-order chi connectivity index (χ1) is 7.03. The minimum absolute atomic E-state index is 0.607. The molecule has 3 atom stereocenters. The van der Waals surface area contributed by atoms with Gasteiger partial charge in [0, 0.05) is 0 Å². The lowest BCUT2D eigenvalue weighted by atomic mass is 9.73. The number of fused-ring (bicyclic) bond motifs is 1. The molecular weight excluding hydrogens is 180 g/mol. The van der Waals surface area contributed by atoms with Gasteiger partial charge in [0.15, 0.2) is 0 Å². The van der Waals surface area contributed by atoms with Crippen molar-refractivity contribution >= 4 is 0 Å². The summed E-state index contributed by atoms with van der Waals surface area (Å²) in [5.41, 5.74) is 3.74. The number of hydrogen-bond acceptors (Lipinski definition) is 0. The molecule has 2 aliphatic rings. The highest BCUT2D eigenvalue weighted by Crippen LogP contribution is 2.60. The maximum absolute atomic E-state index is 2.50. The van der Waals surface area contributed by atoms with Crippen molar-refractivity contribution in [1.82, 2.24) is 0 Å². The van der Waals surface area contributed by atoms with Crippen molar-refractivity contribution in [1.29, 1.82) is 0 Å². The minimum Gasteiger partial charge on any atom is -0.0859 e. The lowest BCUT2D eigenvalue weighted by molar-refractivity contribution is 0.235. The monoisotopic (exact) mass is 204 g/mol. The summed E-state index contributed by atoms with van der Waals surface area (Å²) in [6.07, 6.45) is 10.3. The van der Waals surface area contributed by atoms with E-state index in [1.807, 2.05) is 0 Å². The average Bonchev–Trinajstić information content (AvgIpc) is 2.92. The zero-order valence-electron chi connectivity index (χ0n) is 10.6. The number of allylic oxidation sites excluding steroid dienone is 4. The van der Waals surface area contributed by atoms with Gasteiger partial charge in [0.1, 0.15) is 0 Å². The molecule has 0 heterocycles. The smallest absolute Gasteiger partial charge is 0.0169 e. The predicted molar refractivity (Wildman–Crippen MR) is 66.7 cm³/mol. The molecule has 3 unspecified atom stereocenters. The minimum atomic E-state index is 0.607. The van der Waals surface area contributed by atoms with Crippen LogP contribution in [0.15, 0.2) is 23.3 Å². The molecule has 2 rings (SSSR count). The fraction of sp³-hybridized carbons (Fsp3) is 0.733. The van der Waals surface area contributed by atoms with Gasteiger partial charge in [0.2, 0.25) is 0 Å². The Morgan fingerprint density at radius 2 is 2.27 bits per heavy atom. The second-order valence-electron chi connectivity index (χ2n) is 6.08. The van der Waals surface area contributed by atoms with Crippen LogP contribution in [0.3, 0.4) is 0 Å². The summed E-state index contributed by atoms with van der Waals surface area (Å²) >= 11 is 0. The zero-order chi connectivity index (χ0) is 11.1. The molecule has 2 aliphatic carbocycles. The van der Waals surface area contributed by atoms with Gasteiger partial charge in [-0.15, -0.1) is 0 Å². The van der Waals surface area contributed by atoms with Gasteiger partial charge in [-0.05, 0) is 63.7 Å². The second-order valence-corrected chi connectivity index (χ2v) is 6.08. The van der Waals surface area contributed by atoms with Crippen molar-refractivity contribution in [3.63, 3.8) is 0 Å². The SMILES string of the molecule is CC(C)=CCCC1(C)CC=C(C)C2CC21. The molecule has 0 saturated heterocycles. The summed E-state index contributed by atoms with van der Waals surface area (Å²) in [4.78, 5) is 0. The van der Waals surface area contributed by atoms with Crippen molar-refractivity contribution in [3.8, 4) is 0 Å². The Kier molecular flexibility index (Phi) is 2.79. The molecule has 1 saturated carbocycles. The first-order valence-corrected chi connectivity index (χ1v) is 6.33. The molecule has 1 fully saturated rings. The third kappa shape index (κ3) is 2.19. The summed E-state index contributed by atoms with van der Waals surface area (Å²) < 4.78 is 0. The number of rotatable bonds is 3. The van der Waals surface area contributed by atoms with E-state index in [9.17, 15) is 0 Å². The van der Waals surface area contributed by atoms with Gasteiger partial charge in [-0.3, -0.25) is 0 Å². The Morgan fingerprint density at radius 1 is 1.53 bits per heavy atom. The predicted octanol–water partition coefficient (Wildman–Crippen LogP) is 4.73. The van der Waals surface area contributed by atoms with E-state index in [0.717, 1.165) is 11.8 Å². The van der Waals surface area contributed by atoms with Crippen LogP contribution in [0.5, 0.6) is 0 Å². The van der Waals surface area contributed by atoms with Crippen LogP contribution in [0.4, 0.5) is 0 Å². The normalized spacial score (nSPS) is 38.0. The summed E-state index contributed by atoms with van der Waals surface area (Å²) in [7, 11) is 0. The molecule has 0 N–H and O–H groups in total. The molecule has 0 aliphatic heterocycles. The lowest BCUT2D eigenvalue weighted by Crippen LogP contribution is -2.22. The summed E-state index contributed by atoms with van der Waals surface area (Å²) in [6.45, 7) is 9.22. The molecule has 84 valence electrons. The topological polar surface area (TPSA) is 0 Å². The van der Waals surface area contributed by atoms with E-state index in [1.165, 1.54) is 31.3 Å². The molecule has 0 bridgehead atoms. The van der Waals surface area contributed by atoms with Gasteiger partial charge < -0.3 is 0 Å². The van der Waals surface area contributed by atoms with E-state index < -0.39 is 0 Å². The van der Waals surface area contributed by atoms with Crippen LogP contribution in [0.1, 0.15) is 53.4 Å². The summed E-state index contributed by atoms with van der Waals surface area (Å²) in [5, 5.41) is 0. The van der Waals surface area contributed by atoms with Crippen molar-refractivity contribution in [3.05, 3.63) is 23.3 Å². The van der Waals surface area contributed by atoms with Crippen LogP contribution in [-0.2, 0) is 0 Å². The van der Waals surface area contributed by atoms with E-state index in [-0.39, 0.29) is 0 Å². The average molecular weight is 204 g/mol. The molecule has 0 aromatic rings. The van der Waals surface area contributed by atoms with Crippen molar-refractivity contribution < 1.29 is 0 Å². The third-order valence-corrected chi connectivity index (χ3v) is 4.43. The van der Waals surface area contributed by atoms with Gasteiger partial charge >= 0.3 is 0 Å². The highest BCUT2D eigenvalue weighted by atomic mass is 14.6. The molecule has 0 amide bonds. The highest BCUT2D eigenvalue weighted by molar-refractivity contribution is 5.22. The molecular formula is C15H24. The van der Waals surface area contributed by atoms with Gasteiger partial charge in [-0.25, -0.2) is 0 Å². The maximum Gasteiger partial charge on any atom is -0.0169 e. The first kappa shape index (κ1) is 11.0. The molecule has 15 heavy (non-hydrogen) atoms. The third-order valence-electron chi connectivity index (χ3n) is 4.43. The standard InChI is InChI=1S/C15H24/c1-11(2)6-5-8-15(4)9-7-12(3)13-10-14(13)15/h6-7,13-14H,5,8-10H2,1-4H3. The first-order valence-electron chi connectivity index (χ1n) is 6.33. The van der Waals surface area contributed by atoms with E-state index in [4.69, 9.17) is 0 Å². The highest BCUT2D eigenvalue weighted by Gasteiger charge is 2.51. The van der Waals surface area contributed by atoms with E-state index in [0.29, 0.717) is 5.41 Å². The fourth-order valence-corrected chi connectivity index (χ4v) is 3.14. The van der Waals surface area contributed by atoms with Crippen molar-refractivity contribution in [2.75, 3.05) is 0 Å². The van der Waals surface area contributed by atoms with Crippen LogP contribution in [-0.4, -0.2) is 0 Å². The van der Waals surface area contributed by atoms with Crippen LogP contribution < -0.4 is 0 Å². The van der Waals surface area contributed by atoms with E-state index >= 15 is 0 Å². The van der Waals surface area contributed by atoms with Gasteiger partial charge in [0.05, 0.1) is 0 Å². The fourth-order valence-electron chi connectivity index (χ4n) is 3.14. The summed E-state index contributed by atoms with van der Waals surface area (Å²) in [5.74, 6) is 1.96. The second kappa shape index (κ2) is 3.81. The Labute approximate surface area is 94.5 Å². The molecule has 0 spiro atoms. The maximum atomic E-state index is 2.50. The largest absolute Gasteiger partial charge is 0.0859 e. The Balaban J connectivity index is 1.95. The van der Waals surface area contributed by atoms with Gasteiger partial charge in [-0.1, -0.05) is 30.2 Å². The molecule has 0 heteroatoms. The molecule has 0 aromatic heterocycles.